The molecule has 3 rings (SSSR count). The van der Waals surface area contributed by atoms with Crippen LogP contribution < -0.4 is 16.1 Å². The number of esters is 1. The van der Waals surface area contributed by atoms with Crippen LogP contribution in [0, 0.1) is 0 Å². The molecule has 0 fully saturated rings. The number of nitrogens with zero attached hydrogens (tertiary/aromatic N) is 1. The Kier molecular flexibility index (Phi) is 7.63. The predicted octanol–water partition coefficient (Wildman–Crippen LogP) is 2.81. The molecule has 0 bridgehead atoms. The number of benzene rings is 3. The van der Waals surface area contributed by atoms with Crippen molar-refractivity contribution >= 4 is 41.3 Å². The summed E-state index contributed by atoms with van der Waals surface area (Å²) in [6.45, 7) is 0. The Hall–Kier alpha value is -4.79. The van der Waals surface area contributed by atoms with E-state index in [1.165, 1.54) is 25.5 Å². The minimum atomic E-state index is -1.02. The van der Waals surface area contributed by atoms with E-state index in [2.05, 4.69) is 25.9 Å². The van der Waals surface area contributed by atoms with Gasteiger partial charge in [0.25, 0.3) is 5.91 Å². The summed E-state index contributed by atoms with van der Waals surface area (Å²) in [4.78, 5) is 48.4. The van der Waals surface area contributed by atoms with Crippen LogP contribution >= 0.6 is 0 Å². The molecular formula is C24H20N4O5. The highest BCUT2D eigenvalue weighted by atomic mass is 16.5. The van der Waals surface area contributed by atoms with E-state index in [-0.39, 0.29) is 11.3 Å². The third kappa shape index (κ3) is 6.34. The van der Waals surface area contributed by atoms with Gasteiger partial charge >= 0.3 is 17.8 Å². The van der Waals surface area contributed by atoms with E-state index in [1.54, 1.807) is 60.7 Å². The molecule has 0 aliphatic carbocycles. The Morgan fingerprint density at radius 3 is 2.15 bits per heavy atom. The van der Waals surface area contributed by atoms with Crippen molar-refractivity contribution in [1.29, 1.82) is 0 Å². The molecule has 0 saturated heterocycles. The van der Waals surface area contributed by atoms with Crippen LogP contribution in [0.15, 0.2) is 84.0 Å². The minimum absolute atomic E-state index is 0.174. The normalized spacial score (nSPS) is 10.3. The van der Waals surface area contributed by atoms with Crippen molar-refractivity contribution in [3.63, 3.8) is 0 Å². The zero-order chi connectivity index (χ0) is 23.6. The maximum Gasteiger partial charge on any atom is 0.337 e. The second kappa shape index (κ2) is 11.0. The Bertz CT molecular complexity index is 1190. The molecule has 9 heteroatoms. The summed E-state index contributed by atoms with van der Waals surface area (Å²) in [6.07, 6.45) is 1.31. The van der Waals surface area contributed by atoms with E-state index in [0.29, 0.717) is 16.8 Å². The summed E-state index contributed by atoms with van der Waals surface area (Å²) < 4.78 is 4.62. The molecule has 3 aromatic carbocycles. The number of para-hydroxylation sites is 2. The van der Waals surface area contributed by atoms with Gasteiger partial charge in [0.2, 0.25) is 0 Å². The Morgan fingerprint density at radius 1 is 0.788 bits per heavy atom. The van der Waals surface area contributed by atoms with Crippen LogP contribution in [0.5, 0.6) is 0 Å². The Labute approximate surface area is 189 Å². The summed E-state index contributed by atoms with van der Waals surface area (Å²) in [5, 5.41) is 8.87. The number of carbonyl (C=O) groups is 4. The molecule has 9 nitrogen and oxygen atoms in total. The molecule has 3 N–H and O–H groups in total. The maximum absolute atomic E-state index is 12.6. The van der Waals surface area contributed by atoms with Crippen LogP contribution in [-0.4, -0.2) is 37.0 Å². The van der Waals surface area contributed by atoms with Gasteiger partial charge in [0.05, 0.1) is 30.1 Å². The second-order valence-electron chi connectivity index (χ2n) is 6.63. The lowest BCUT2D eigenvalue weighted by Gasteiger charge is -2.11. The van der Waals surface area contributed by atoms with Gasteiger partial charge in [-0.3, -0.25) is 14.4 Å². The van der Waals surface area contributed by atoms with Crippen molar-refractivity contribution in [2.45, 2.75) is 0 Å². The number of hydrazone groups is 1. The van der Waals surface area contributed by atoms with E-state index >= 15 is 0 Å². The first kappa shape index (κ1) is 22.9. The predicted molar refractivity (Wildman–Crippen MR) is 123 cm³/mol. The Morgan fingerprint density at radius 2 is 1.45 bits per heavy atom. The van der Waals surface area contributed by atoms with Crippen molar-refractivity contribution in [2.75, 3.05) is 17.7 Å². The van der Waals surface area contributed by atoms with Gasteiger partial charge in [0.1, 0.15) is 0 Å². The maximum atomic E-state index is 12.6. The third-order valence-corrected chi connectivity index (χ3v) is 4.37. The highest BCUT2D eigenvalue weighted by Crippen LogP contribution is 2.17. The zero-order valence-electron chi connectivity index (χ0n) is 17.6. The summed E-state index contributed by atoms with van der Waals surface area (Å²) in [7, 11) is 1.28. The van der Waals surface area contributed by atoms with E-state index < -0.39 is 23.7 Å². The molecule has 3 aromatic rings. The first-order valence-electron chi connectivity index (χ1n) is 9.76. The largest absolute Gasteiger partial charge is 0.465 e. The Balaban J connectivity index is 1.59. The van der Waals surface area contributed by atoms with Gasteiger partial charge in [-0.1, -0.05) is 42.5 Å². The molecule has 0 heterocycles. The number of ether oxygens (including phenoxy) is 1. The molecule has 0 aromatic heterocycles. The minimum Gasteiger partial charge on any atom is -0.465 e. The lowest BCUT2D eigenvalue weighted by atomic mass is 10.1. The van der Waals surface area contributed by atoms with Gasteiger partial charge in [-0.2, -0.15) is 5.10 Å². The summed E-state index contributed by atoms with van der Waals surface area (Å²) >= 11 is 0. The number of nitrogens with one attached hydrogen (secondary N) is 3. The van der Waals surface area contributed by atoms with Gasteiger partial charge in [-0.25, -0.2) is 10.2 Å². The molecule has 0 atom stereocenters. The SMILES string of the molecule is COC(=O)c1ccc(/C=N\NC(=O)C(=O)Nc2ccccc2C(=O)Nc2ccccc2)cc1. The van der Waals surface area contributed by atoms with Gasteiger partial charge < -0.3 is 15.4 Å². The molecule has 166 valence electrons. The average molecular weight is 444 g/mol. The van der Waals surface area contributed by atoms with E-state index in [1.807, 2.05) is 6.07 Å². The molecule has 0 radical (unpaired) electrons. The average Bonchev–Trinajstić information content (AvgIpc) is 2.84. The van der Waals surface area contributed by atoms with Crippen molar-refractivity contribution in [3.8, 4) is 0 Å². The van der Waals surface area contributed by atoms with Crippen LogP contribution in [0.3, 0.4) is 0 Å². The quantitative estimate of drug-likeness (QED) is 0.233. The van der Waals surface area contributed by atoms with E-state index in [4.69, 9.17) is 0 Å². The van der Waals surface area contributed by atoms with Crippen molar-refractivity contribution in [3.05, 3.63) is 95.6 Å². The van der Waals surface area contributed by atoms with Crippen molar-refractivity contribution < 1.29 is 23.9 Å². The monoisotopic (exact) mass is 444 g/mol. The number of amides is 3. The highest BCUT2D eigenvalue weighted by Gasteiger charge is 2.17. The topological polar surface area (TPSA) is 126 Å². The molecule has 0 saturated carbocycles. The molecule has 0 unspecified atom stereocenters. The molecular weight excluding hydrogens is 424 g/mol. The van der Waals surface area contributed by atoms with Gasteiger partial charge in [0, 0.05) is 5.69 Å². The van der Waals surface area contributed by atoms with Crippen LogP contribution in [0.25, 0.3) is 0 Å². The molecule has 33 heavy (non-hydrogen) atoms. The zero-order valence-corrected chi connectivity index (χ0v) is 17.6. The van der Waals surface area contributed by atoms with Crippen molar-refractivity contribution in [2.24, 2.45) is 5.10 Å². The molecule has 0 aliphatic rings. The smallest absolute Gasteiger partial charge is 0.337 e. The fraction of sp³-hybridized carbons (Fsp3) is 0.0417. The number of hydrogen-bond acceptors (Lipinski definition) is 6. The third-order valence-electron chi connectivity index (χ3n) is 4.37. The number of anilines is 2. The number of carbonyl (C=O) groups excluding carboxylic acids is 4. The lowest BCUT2D eigenvalue weighted by Crippen LogP contribution is -2.33. The summed E-state index contributed by atoms with van der Waals surface area (Å²) in [6, 6.07) is 21.4. The molecule has 0 spiro atoms. The first-order chi connectivity index (χ1) is 16.0. The molecule has 0 aliphatic heterocycles. The van der Waals surface area contributed by atoms with E-state index in [0.717, 1.165) is 0 Å². The van der Waals surface area contributed by atoms with Gasteiger partial charge in [0.15, 0.2) is 0 Å². The van der Waals surface area contributed by atoms with Gasteiger partial charge in [-0.05, 0) is 42.0 Å². The van der Waals surface area contributed by atoms with Gasteiger partial charge in [-0.15, -0.1) is 0 Å². The van der Waals surface area contributed by atoms with Crippen LogP contribution in [0.1, 0.15) is 26.3 Å². The van der Waals surface area contributed by atoms with E-state index in [9.17, 15) is 19.2 Å². The van der Waals surface area contributed by atoms with Crippen LogP contribution in [0.2, 0.25) is 0 Å². The fourth-order valence-electron chi connectivity index (χ4n) is 2.73. The summed E-state index contributed by atoms with van der Waals surface area (Å²) in [5.74, 6) is -2.92. The summed E-state index contributed by atoms with van der Waals surface area (Å²) in [5.41, 5.74) is 4.03. The number of rotatable bonds is 6. The molecule has 3 amide bonds. The highest BCUT2D eigenvalue weighted by molar-refractivity contribution is 6.40. The standard InChI is InChI=1S/C24H20N4O5/c1-33-24(32)17-13-11-16(12-14-17)15-25-28-23(31)22(30)27-20-10-6-5-9-19(20)21(29)26-18-7-3-2-4-8-18/h2-15H,1H3,(H,26,29)(H,27,30)(H,28,31)/b25-15-. The van der Waals surface area contributed by atoms with Crippen molar-refractivity contribution in [1.82, 2.24) is 5.43 Å². The van der Waals surface area contributed by atoms with Crippen LogP contribution in [0.4, 0.5) is 11.4 Å². The number of hydrogen-bond donors (Lipinski definition) is 3. The second-order valence-corrected chi connectivity index (χ2v) is 6.63. The van der Waals surface area contributed by atoms with Crippen LogP contribution in [-0.2, 0) is 14.3 Å². The fourth-order valence-corrected chi connectivity index (χ4v) is 2.73. The number of methoxy groups -OCH3 is 1. The lowest BCUT2D eigenvalue weighted by molar-refractivity contribution is -0.136. The first-order valence-corrected chi connectivity index (χ1v) is 9.76.